The molecule has 2 aromatic carbocycles. The number of Topliss-reactive ketones (excluding diaryl/α,β-unsaturated/α-hetero) is 1. The molecule has 0 aliphatic carbocycles. The molecular weight excluding hydrogens is 629 g/mol. The first-order valence-electron chi connectivity index (χ1n) is 14.2. The first kappa shape index (κ1) is 36.4. The molecule has 0 fully saturated rings. The molecule has 0 atom stereocenters. The van der Waals surface area contributed by atoms with Gasteiger partial charge in [0.1, 0.15) is 11.5 Å². The van der Waals surface area contributed by atoms with Crippen LogP contribution in [0.15, 0.2) is 65.8 Å². The fourth-order valence-corrected chi connectivity index (χ4v) is 3.98. The molecule has 0 unspecified atom stereocenters. The molecular formula is C34H33F3N6O5. The highest BCUT2D eigenvalue weighted by molar-refractivity contribution is 6.37. The highest BCUT2D eigenvalue weighted by atomic mass is 19.1. The molecule has 48 heavy (non-hydrogen) atoms. The molecule has 11 nitrogen and oxygen atoms in total. The summed E-state index contributed by atoms with van der Waals surface area (Å²) in [6.45, 7) is 10.7. The number of fused-ring (bicyclic) bond motifs is 5. The number of benzene rings is 2. The van der Waals surface area contributed by atoms with E-state index in [9.17, 15) is 22.8 Å². The van der Waals surface area contributed by atoms with E-state index in [4.69, 9.17) is 20.8 Å². The third-order valence-corrected chi connectivity index (χ3v) is 6.79. The molecule has 0 amide bonds. The average Bonchev–Trinajstić information content (AvgIpc) is 3.25. The van der Waals surface area contributed by atoms with Gasteiger partial charge in [-0.2, -0.15) is 23.1 Å². The number of ether oxygens (including phenoxy) is 1. The number of ketones is 1. The molecule has 0 radical (unpaired) electrons. The fraction of sp³-hybridized carbons (Fsp3) is 0.176. The van der Waals surface area contributed by atoms with Gasteiger partial charge in [-0.05, 0) is 94.3 Å². The van der Waals surface area contributed by atoms with Crippen LogP contribution in [0.5, 0.6) is 17.4 Å². The normalized spacial score (nSPS) is 10.9. The number of oxime groups is 1. The van der Waals surface area contributed by atoms with Crippen LogP contribution in [0.3, 0.4) is 0 Å². The number of nitrogen functional groups attached to an aromatic ring is 1. The smallest absolute Gasteiger partial charge is 0.233 e. The zero-order chi connectivity index (χ0) is 35.7. The van der Waals surface area contributed by atoms with Crippen LogP contribution in [0.25, 0.3) is 17.1 Å². The van der Waals surface area contributed by atoms with E-state index in [1.807, 2.05) is 56.5 Å². The lowest BCUT2D eigenvalue weighted by Crippen LogP contribution is -2.02. The number of anilines is 1. The van der Waals surface area contributed by atoms with Crippen LogP contribution < -0.4 is 10.5 Å². The number of aromatic nitrogens is 4. The van der Waals surface area contributed by atoms with Crippen molar-refractivity contribution in [3.8, 4) is 34.5 Å². The van der Waals surface area contributed by atoms with Crippen molar-refractivity contribution < 1.29 is 37.8 Å². The van der Waals surface area contributed by atoms with E-state index < -0.39 is 17.8 Å². The van der Waals surface area contributed by atoms with Crippen molar-refractivity contribution in [1.29, 1.82) is 0 Å². The number of aromatic hydroxyl groups is 1. The van der Waals surface area contributed by atoms with Crippen molar-refractivity contribution >= 4 is 23.5 Å². The Kier molecular flexibility index (Phi) is 12.1. The van der Waals surface area contributed by atoms with Crippen LogP contribution in [-0.2, 0) is 4.79 Å². The van der Waals surface area contributed by atoms with Crippen LogP contribution >= 0.6 is 0 Å². The summed E-state index contributed by atoms with van der Waals surface area (Å²) >= 11 is 0. The van der Waals surface area contributed by atoms with Crippen molar-refractivity contribution in [2.75, 3.05) is 5.73 Å². The van der Waals surface area contributed by atoms with Gasteiger partial charge >= 0.3 is 0 Å². The van der Waals surface area contributed by atoms with Gasteiger partial charge in [-0.1, -0.05) is 17.3 Å². The predicted octanol–water partition coefficient (Wildman–Crippen LogP) is 6.98. The summed E-state index contributed by atoms with van der Waals surface area (Å²) in [6.07, 6.45) is 0.280. The number of phenols is 1. The van der Waals surface area contributed by atoms with E-state index in [0.717, 1.165) is 46.2 Å². The minimum Gasteiger partial charge on any atom is -0.506 e. The lowest BCUT2D eigenvalue weighted by molar-refractivity contribution is -0.111. The van der Waals surface area contributed by atoms with Crippen molar-refractivity contribution in [2.24, 2.45) is 5.16 Å². The molecule has 4 heterocycles. The summed E-state index contributed by atoms with van der Waals surface area (Å²) in [4.78, 5) is 31.3. The number of hydrogen-bond acceptors (Lipinski definition) is 10. The van der Waals surface area contributed by atoms with Gasteiger partial charge in [0, 0.05) is 12.6 Å². The molecule has 6 rings (SSSR count). The van der Waals surface area contributed by atoms with Gasteiger partial charge in [-0.3, -0.25) is 14.2 Å². The Balaban J connectivity index is 0.000000200. The van der Waals surface area contributed by atoms with Gasteiger partial charge < -0.3 is 20.8 Å². The average molecular weight is 663 g/mol. The van der Waals surface area contributed by atoms with Gasteiger partial charge in [0.15, 0.2) is 23.6 Å². The highest BCUT2D eigenvalue weighted by Gasteiger charge is 2.25. The minimum atomic E-state index is -1.07. The molecule has 250 valence electrons. The molecule has 0 saturated carbocycles. The van der Waals surface area contributed by atoms with Crippen LogP contribution in [0, 0.1) is 45.5 Å². The largest absolute Gasteiger partial charge is 0.506 e. The number of pyridine rings is 2. The standard InChI is InChI=1S/C17H14FN3O.C7H9NO.C6H3F2NO.C4H7NO2/c1-9-4-6-13-14(8-9)22-17-12(5-7-15(18)20-17)16-19-10(2)11(3)21(13)16;1-5-2-3-6(8)7(9)4-5;7-5-2-1-4(3-10)6(8)9-5;1-3(5-7)4(2)6/h4-8H,1-3H3;2-4,9H,8H2,1H3;1-3H;7H,1-2H3/b;;;5-3-. The highest BCUT2D eigenvalue weighted by Crippen LogP contribution is 2.41. The zero-order valence-electron chi connectivity index (χ0n) is 26.9. The number of aryl methyl sites for hydroxylation is 3. The maximum Gasteiger partial charge on any atom is 0.233 e. The quantitative estimate of drug-likeness (QED) is 0.0337. The van der Waals surface area contributed by atoms with E-state index in [2.05, 4.69) is 20.1 Å². The number of rotatable bonds is 2. The summed E-state index contributed by atoms with van der Waals surface area (Å²) in [7, 11) is 0. The second-order valence-electron chi connectivity index (χ2n) is 10.4. The number of aldehydes is 1. The molecule has 1 aliphatic rings. The Labute approximate surface area is 274 Å². The lowest BCUT2D eigenvalue weighted by Gasteiger charge is -2.11. The van der Waals surface area contributed by atoms with Crippen LogP contribution in [0.4, 0.5) is 18.9 Å². The topological polar surface area (TPSA) is 166 Å². The summed E-state index contributed by atoms with van der Waals surface area (Å²) in [5, 5.41) is 19.5. The summed E-state index contributed by atoms with van der Waals surface area (Å²) in [5.41, 5.74) is 11.3. The second kappa shape index (κ2) is 16.0. The lowest BCUT2D eigenvalue weighted by atomic mass is 10.2. The van der Waals surface area contributed by atoms with Crippen molar-refractivity contribution in [3.63, 3.8) is 0 Å². The number of imidazole rings is 1. The van der Waals surface area contributed by atoms with Crippen molar-refractivity contribution in [2.45, 2.75) is 41.5 Å². The van der Waals surface area contributed by atoms with Crippen LogP contribution in [0.1, 0.15) is 46.7 Å². The van der Waals surface area contributed by atoms with Gasteiger partial charge in [0.25, 0.3) is 0 Å². The van der Waals surface area contributed by atoms with Gasteiger partial charge in [-0.15, -0.1) is 0 Å². The SMILES string of the molecule is CC(=O)/C(C)=N\O.Cc1ccc(N)c(O)c1.Cc1ccc2c(c1)Oc1nc(F)ccc1-c1nc(C)c(C)n1-2.O=Cc1ccc(F)nc1F. The molecule has 0 spiro atoms. The van der Waals surface area contributed by atoms with Crippen molar-refractivity contribution in [1.82, 2.24) is 19.5 Å². The number of nitrogens with zero attached hydrogens (tertiary/aromatic N) is 5. The van der Waals surface area contributed by atoms with E-state index in [1.54, 1.807) is 18.2 Å². The first-order chi connectivity index (χ1) is 22.7. The Morgan fingerprint density at radius 1 is 0.896 bits per heavy atom. The van der Waals surface area contributed by atoms with Crippen LogP contribution in [-0.4, -0.2) is 47.6 Å². The zero-order valence-corrected chi connectivity index (χ0v) is 26.9. The Bertz CT molecular complexity index is 1990. The van der Waals surface area contributed by atoms with E-state index in [-0.39, 0.29) is 35.0 Å². The van der Waals surface area contributed by atoms with E-state index in [1.165, 1.54) is 19.9 Å². The summed E-state index contributed by atoms with van der Waals surface area (Å²) < 4.78 is 45.7. The molecule has 4 N–H and O–H groups in total. The molecule has 5 aromatic rings. The van der Waals surface area contributed by atoms with Crippen molar-refractivity contribution in [3.05, 3.63) is 107 Å². The Morgan fingerprint density at radius 3 is 2.08 bits per heavy atom. The second-order valence-corrected chi connectivity index (χ2v) is 10.4. The molecule has 3 aromatic heterocycles. The number of phenolic OH excluding ortho intramolecular Hbond substituents is 1. The molecule has 0 bridgehead atoms. The predicted molar refractivity (Wildman–Crippen MR) is 173 cm³/mol. The number of carbonyl (C=O) groups is 2. The third-order valence-electron chi connectivity index (χ3n) is 6.79. The van der Waals surface area contributed by atoms with Gasteiger partial charge in [-0.25, -0.2) is 4.98 Å². The van der Waals surface area contributed by atoms with Gasteiger partial charge in [0.2, 0.25) is 23.7 Å². The minimum absolute atomic E-state index is 0.139. The molecule has 14 heteroatoms. The molecule has 1 aliphatic heterocycles. The Hall–Kier alpha value is -6.05. The molecule has 0 saturated heterocycles. The van der Waals surface area contributed by atoms with E-state index >= 15 is 0 Å². The summed E-state index contributed by atoms with van der Waals surface area (Å²) in [6, 6.07) is 16.1. The number of nitrogens with two attached hydrogens (primary N) is 1. The summed E-state index contributed by atoms with van der Waals surface area (Å²) in [5.74, 6) is -0.994. The van der Waals surface area contributed by atoms with E-state index in [0.29, 0.717) is 17.0 Å². The number of halogens is 3. The number of carbonyl (C=O) groups excluding carboxylic acids is 2. The first-order valence-corrected chi connectivity index (χ1v) is 14.2. The maximum atomic E-state index is 13.5. The Morgan fingerprint density at radius 2 is 1.52 bits per heavy atom. The monoisotopic (exact) mass is 662 g/mol. The van der Waals surface area contributed by atoms with Crippen LogP contribution in [0.2, 0.25) is 0 Å². The fourth-order valence-electron chi connectivity index (χ4n) is 3.98. The number of hydrogen-bond donors (Lipinski definition) is 3. The maximum absolute atomic E-state index is 13.5. The third kappa shape index (κ3) is 9.02. The van der Waals surface area contributed by atoms with Gasteiger partial charge in [0.05, 0.1) is 28.2 Å².